The lowest BCUT2D eigenvalue weighted by molar-refractivity contribution is 0.119. The van der Waals surface area contributed by atoms with Crippen molar-refractivity contribution in [2.75, 3.05) is 12.4 Å². The van der Waals surface area contributed by atoms with E-state index in [0.29, 0.717) is 18.6 Å². The van der Waals surface area contributed by atoms with Crippen LogP contribution in [0.4, 0.5) is 5.69 Å². The molecule has 1 fully saturated rings. The average molecular weight is 325 g/mol. The predicted molar refractivity (Wildman–Crippen MR) is 96.7 cm³/mol. The van der Waals surface area contributed by atoms with Gasteiger partial charge >= 0.3 is 0 Å². The van der Waals surface area contributed by atoms with Gasteiger partial charge in [-0.3, -0.25) is 0 Å². The van der Waals surface area contributed by atoms with Crippen LogP contribution in [0, 0.1) is 0 Å². The highest BCUT2D eigenvalue weighted by atomic mass is 16.5. The van der Waals surface area contributed by atoms with E-state index >= 15 is 0 Å². The fourth-order valence-corrected chi connectivity index (χ4v) is 2.51. The van der Waals surface area contributed by atoms with Crippen molar-refractivity contribution >= 4 is 11.6 Å². The normalized spacial score (nSPS) is 14.8. The molecule has 0 unspecified atom stereocenters. The van der Waals surface area contributed by atoms with Gasteiger partial charge in [0, 0.05) is 5.56 Å². The van der Waals surface area contributed by atoms with Crippen molar-refractivity contribution < 1.29 is 9.47 Å². The number of nitrogens with one attached hydrogen (secondary N) is 1. The van der Waals surface area contributed by atoms with E-state index in [9.17, 15) is 0 Å². The fourth-order valence-electron chi connectivity index (χ4n) is 2.51. The minimum Gasteiger partial charge on any atom is -0.495 e. The Morgan fingerprint density at radius 2 is 1.83 bits per heavy atom. The van der Waals surface area contributed by atoms with E-state index in [-0.39, 0.29) is 0 Å². The standard InChI is InChI=1S/C19H23N3O2/c1-23-18-12-5-3-10-16(18)22-19(20)21-13-14-7-2-4-11-17(14)24-15-8-6-9-15/h2-5,7,10-12,15H,6,8-9,13H2,1H3,(H3,20,21,22). The molecule has 1 aliphatic rings. The number of nitrogens with two attached hydrogens (primary N) is 1. The molecule has 0 atom stereocenters. The van der Waals surface area contributed by atoms with Gasteiger partial charge < -0.3 is 20.5 Å². The molecule has 3 N–H and O–H groups in total. The van der Waals surface area contributed by atoms with Gasteiger partial charge in [0.15, 0.2) is 5.96 Å². The molecule has 5 nitrogen and oxygen atoms in total. The monoisotopic (exact) mass is 325 g/mol. The third-order valence-electron chi connectivity index (χ3n) is 4.11. The Balaban J connectivity index is 1.66. The third kappa shape index (κ3) is 3.98. The number of guanidine groups is 1. The summed E-state index contributed by atoms with van der Waals surface area (Å²) in [4.78, 5) is 4.42. The van der Waals surface area contributed by atoms with Crippen LogP contribution >= 0.6 is 0 Å². The number of nitrogens with zero attached hydrogens (tertiary/aromatic N) is 1. The van der Waals surface area contributed by atoms with Crippen LogP contribution in [0.1, 0.15) is 24.8 Å². The largest absolute Gasteiger partial charge is 0.495 e. The lowest BCUT2D eigenvalue weighted by atomic mass is 9.96. The molecular formula is C19H23N3O2. The van der Waals surface area contributed by atoms with Crippen molar-refractivity contribution in [3.63, 3.8) is 0 Å². The van der Waals surface area contributed by atoms with Crippen molar-refractivity contribution in [1.29, 1.82) is 0 Å². The zero-order valence-corrected chi connectivity index (χ0v) is 13.9. The highest BCUT2D eigenvalue weighted by Crippen LogP contribution is 2.28. The molecule has 0 radical (unpaired) electrons. The third-order valence-corrected chi connectivity index (χ3v) is 4.11. The molecule has 0 aromatic heterocycles. The molecule has 3 rings (SSSR count). The second-order valence-corrected chi connectivity index (χ2v) is 5.81. The van der Waals surface area contributed by atoms with Gasteiger partial charge in [-0.1, -0.05) is 30.3 Å². The SMILES string of the molecule is COc1ccccc1NC(N)=NCc1ccccc1OC1CCC1. The van der Waals surface area contributed by atoms with Gasteiger partial charge in [0.2, 0.25) is 0 Å². The molecule has 24 heavy (non-hydrogen) atoms. The van der Waals surface area contributed by atoms with E-state index in [1.54, 1.807) is 7.11 Å². The topological polar surface area (TPSA) is 68.9 Å². The first-order chi connectivity index (χ1) is 11.8. The fraction of sp³-hybridized carbons (Fsp3) is 0.316. The van der Waals surface area contributed by atoms with Crippen LogP contribution in [0.25, 0.3) is 0 Å². The lowest BCUT2D eigenvalue weighted by Gasteiger charge is -2.27. The van der Waals surface area contributed by atoms with Crippen molar-refractivity contribution in [2.45, 2.75) is 31.9 Å². The molecule has 126 valence electrons. The van der Waals surface area contributed by atoms with E-state index < -0.39 is 0 Å². The highest BCUT2D eigenvalue weighted by molar-refractivity contribution is 5.93. The summed E-state index contributed by atoms with van der Waals surface area (Å²) < 4.78 is 11.3. The van der Waals surface area contributed by atoms with Gasteiger partial charge in [0.05, 0.1) is 25.4 Å². The molecule has 5 heteroatoms. The Morgan fingerprint density at radius 1 is 1.12 bits per heavy atom. The van der Waals surface area contributed by atoms with Crippen molar-refractivity contribution in [3.8, 4) is 11.5 Å². The van der Waals surface area contributed by atoms with Gasteiger partial charge in [-0.2, -0.15) is 0 Å². The quantitative estimate of drug-likeness (QED) is 0.629. The van der Waals surface area contributed by atoms with Crippen LogP contribution in [-0.4, -0.2) is 19.2 Å². The first-order valence-corrected chi connectivity index (χ1v) is 8.21. The molecule has 0 saturated heterocycles. The van der Waals surface area contributed by atoms with Crippen molar-refractivity contribution in [2.24, 2.45) is 10.7 Å². The number of hydrogen-bond donors (Lipinski definition) is 2. The maximum Gasteiger partial charge on any atom is 0.193 e. The molecular weight excluding hydrogens is 302 g/mol. The molecule has 0 spiro atoms. The van der Waals surface area contributed by atoms with Crippen LogP contribution in [-0.2, 0) is 6.54 Å². The van der Waals surface area contributed by atoms with E-state index in [0.717, 1.165) is 35.6 Å². The molecule has 0 heterocycles. The Kier molecular flexibility index (Phi) is 5.21. The minimum atomic E-state index is 0.345. The Hall–Kier alpha value is -2.69. The first-order valence-electron chi connectivity index (χ1n) is 8.21. The van der Waals surface area contributed by atoms with Crippen LogP contribution in [0.2, 0.25) is 0 Å². The summed E-state index contributed by atoms with van der Waals surface area (Å²) in [5, 5.41) is 3.08. The number of ether oxygens (including phenoxy) is 2. The second-order valence-electron chi connectivity index (χ2n) is 5.81. The zero-order valence-electron chi connectivity index (χ0n) is 13.9. The maximum absolute atomic E-state index is 6.02. The van der Waals surface area contributed by atoms with Crippen LogP contribution in [0.15, 0.2) is 53.5 Å². The summed E-state index contributed by atoms with van der Waals surface area (Å²) in [5.41, 5.74) is 7.84. The highest BCUT2D eigenvalue weighted by Gasteiger charge is 2.20. The van der Waals surface area contributed by atoms with E-state index in [1.807, 2.05) is 48.5 Å². The molecule has 2 aromatic carbocycles. The number of para-hydroxylation sites is 3. The maximum atomic E-state index is 6.02. The van der Waals surface area contributed by atoms with Crippen LogP contribution in [0.3, 0.4) is 0 Å². The Labute approximate surface area is 142 Å². The zero-order chi connectivity index (χ0) is 16.8. The van der Waals surface area contributed by atoms with Gasteiger partial charge in [-0.05, 0) is 37.5 Å². The number of benzene rings is 2. The van der Waals surface area contributed by atoms with Crippen molar-refractivity contribution in [3.05, 3.63) is 54.1 Å². The molecule has 0 aliphatic heterocycles. The number of methoxy groups -OCH3 is 1. The van der Waals surface area contributed by atoms with Crippen molar-refractivity contribution in [1.82, 2.24) is 0 Å². The van der Waals surface area contributed by atoms with E-state index in [1.165, 1.54) is 6.42 Å². The lowest BCUT2D eigenvalue weighted by Crippen LogP contribution is -2.25. The summed E-state index contributed by atoms with van der Waals surface area (Å²) >= 11 is 0. The van der Waals surface area contributed by atoms with E-state index in [2.05, 4.69) is 10.3 Å². The molecule has 0 amide bonds. The average Bonchev–Trinajstić information content (AvgIpc) is 2.57. The second kappa shape index (κ2) is 7.73. The number of hydrogen-bond acceptors (Lipinski definition) is 3. The van der Waals surface area contributed by atoms with Crippen LogP contribution in [0.5, 0.6) is 11.5 Å². The van der Waals surface area contributed by atoms with Gasteiger partial charge in [-0.15, -0.1) is 0 Å². The van der Waals surface area contributed by atoms with Gasteiger partial charge in [-0.25, -0.2) is 4.99 Å². The summed E-state index contributed by atoms with van der Waals surface area (Å²) in [7, 11) is 1.63. The van der Waals surface area contributed by atoms with Gasteiger partial charge in [0.25, 0.3) is 0 Å². The number of rotatable bonds is 6. The summed E-state index contributed by atoms with van der Waals surface area (Å²) in [6.07, 6.45) is 3.87. The van der Waals surface area contributed by atoms with Gasteiger partial charge in [0.1, 0.15) is 11.5 Å². The molecule has 1 saturated carbocycles. The Morgan fingerprint density at radius 3 is 2.54 bits per heavy atom. The molecule has 1 aliphatic carbocycles. The van der Waals surface area contributed by atoms with E-state index in [4.69, 9.17) is 15.2 Å². The first kappa shape index (κ1) is 16.2. The minimum absolute atomic E-state index is 0.345. The predicted octanol–water partition coefficient (Wildman–Crippen LogP) is 3.55. The Bertz CT molecular complexity index is 711. The number of anilines is 1. The molecule has 0 bridgehead atoms. The molecule has 2 aromatic rings. The summed E-state index contributed by atoms with van der Waals surface area (Å²) in [6, 6.07) is 15.6. The summed E-state index contributed by atoms with van der Waals surface area (Å²) in [5.74, 6) is 1.97. The summed E-state index contributed by atoms with van der Waals surface area (Å²) in [6.45, 7) is 0.469. The number of aliphatic imine (C=N–C) groups is 1. The van der Waals surface area contributed by atoms with Crippen LogP contribution < -0.4 is 20.5 Å². The smallest absolute Gasteiger partial charge is 0.193 e.